The first-order valence-corrected chi connectivity index (χ1v) is 25.4. The number of oxazole rings is 2. The first-order chi connectivity index (χ1) is 36.2. The molecule has 0 unspecified atom stereocenters. The Morgan fingerprint density at radius 2 is 0.635 bits per heavy atom. The number of rotatable bonds is 9. The Morgan fingerprint density at radius 3 is 1.05 bits per heavy atom. The maximum absolute atomic E-state index is 6.72. The molecule has 0 amide bonds. The lowest BCUT2D eigenvalue weighted by Gasteiger charge is -2.28. The number of para-hydroxylation sites is 4. The number of fused-ring (bicyclic) bond motifs is 8. The summed E-state index contributed by atoms with van der Waals surface area (Å²) in [7, 11) is 0. The van der Waals surface area contributed by atoms with Gasteiger partial charge in [-0.1, -0.05) is 149 Å². The zero-order chi connectivity index (χ0) is 49.7. The van der Waals surface area contributed by atoms with E-state index in [4.69, 9.17) is 18.8 Å². The quantitative estimate of drug-likeness (QED) is 0.144. The van der Waals surface area contributed by atoms with Crippen LogP contribution in [0, 0.1) is 0 Å². The van der Waals surface area contributed by atoms with E-state index in [1.54, 1.807) is 0 Å². The number of nitrogens with zero attached hydrogens (tertiary/aromatic N) is 4. The number of anilines is 6. The van der Waals surface area contributed by atoms with Gasteiger partial charge in [-0.15, -0.1) is 0 Å². The van der Waals surface area contributed by atoms with Gasteiger partial charge in [0.25, 0.3) is 0 Å². The normalized spacial score (nSPS) is 13.6. The van der Waals surface area contributed by atoms with Crippen LogP contribution in [0.4, 0.5) is 34.1 Å². The van der Waals surface area contributed by atoms with Gasteiger partial charge < -0.3 is 18.6 Å². The fourth-order valence-corrected chi connectivity index (χ4v) is 11.8. The SMILES string of the molecule is CC1(C)c2ccccc2-c2ccc(N(c3ccccc3)c3ccc(-c4nc5cccc(-c6cccc7nc(-c8ccc(N(c9ccccc9)c9ccc%10c(c9)C(C)(C)c9ccccc9-%10)cc8)oc67)c5o4)cc3)cc21. The molecule has 14 rings (SSSR count). The first kappa shape index (κ1) is 43.5. The minimum absolute atomic E-state index is 0.115. The third-order valence-electron chi connectivity index (χ3n) is 15.5. The van der Waals surface area contributed by atoms with Gasteiger partial charge in [0.15, 0.2) is 11.2 Å². The first-order valence-electron chi connectivity index (χ1n) is 25.4. The highest BCUT2D eigenvalue weighted by atomic mass is 16.4. The fourth-order valence-electron chi connectivity index (χ4n) is 11.8. The van der Waals surface area contributed by atoms with Gasteiger partial charge >= 0.3 is 0 Å². The highest BCUT2D eigenvalue weighted by molar-refractivity contribution is 6.00. The van der Waals surface area contributed by atoms with Gasteiger partial charge in [-0.3, -0.25) is 0 Å². The molecule has 0 spiro atoms. The zero-order valence-electron chi connectivity index (χ0n) is 41.5. The predicted octanol–water partition coefficient (Wildman–Crippen LogP) is 18.5. The molecule has 2 aliphatic carbocycles. The van der Waals surface area contributed by atoms with E-state index in [2.05, 4.69) is 244 Å². The molecule has 12 aromatic rings. The van der Waals surface area contributed by atoms with Gasteiger partial charge in [0.1, 0.15) is 11.0 Å². The minimum atomic E-state index is -0.115. The van der Waals surface area contributed by atoms with E-state index in [-0.39, 0.29) is 10.8 Å². The monoisotopic (exact) mass is 954 g/mol. The summed E-state index contributed by atoms with van der Waals surface area (Å²) in [6.07, 6.45) is 0. The smallest absolute Gasteiger partial charge is 0.227 e. The highest BCUT2D eigenvalue weighted by Crippen LogP contribution is 2.52. The van der Waals surface area contributed by atoms with E-state index in [1.807, 2.05) is 24.3 Å². The molecule has 0 bridgehead atoms. The second kappa shape index (κ2) is 16.7. The molecule has 0 atom stereocenters. The molecule has 354 valence electrons. The number of benzene rings is 10. The van der Waals surface area contributed by atoms with Crippen LogP contribution in [-0.4, -0.2) is 9.97 Å². The molecule has 2 heterocycles. The van der Waals surface area contributed by atoms with Gasteiger partial charge in [-0.25, -0.2) is 9.97 Å². The van der Waals surface area contributed by atoms with Gasteiger partial charge in [-0.2, -0.15) is 0 Å². The summed E-state index contributed by atoms with van der Waals surface area (Å²) in [4.78, 5) is 14.7. The molecule has 6 nitrogen and oxygen atoms in total. The second-order valence-electron chi connectivity index (χ2n) is 20.6. The van der Waals surface area contributed by atoms with E-state index >= 15 is 0 Å². The average Bonchev–Trinajstić information content (AvgIpc) is 4.20. The summed E-state index contributed by atoms with van der Waals surface area (Å²) in [6.45, 7) is 9.31. The molecule has 0 fully saturated rings. The Kier molecular flexibility index (Phi) is 9.80. The van der Waals surface area contributed by atoms with Crippen LogP contribution in [0.2, 0.25) is 0 Å². The van der Waals surface area contributed by atoms with Crippen molar-refractivity contribution in [2.24, 2.45) is 0 Å². The van der Waals surface area contributed by atoms with Crippen molar-refractivity contribution in [3.63, 3.8) is 0 Å². The largest absolute Gasteiger partial charge is 0.435 e. The molecule has 0 radical (unpaired) electrons. The van der Waals surface area contributed by atoms with E-state index < -0.39 is 0 Å². The maximum Gasteiger partial charge on any atom is 0.227 e. The van der Waals surface area contributed by atoms with E-state index in [9.17, 15) is 0 Å². The van der Waals surface area contributed by atoms with Crippen molar-refractivity contribution in [1.29, 1.82) is 0 Å². The molecule has 10 aromatic carbocycles. The summed E-state index contributed by atoms with van der Waals surface area (Å²) in [5, 5.41) is 0. The van der Waals surface area contributed by atoms with Crippen LogP contribution in [0.5, 0.6) is 0 Å². The topological polar surface area (TPSA) is 58.5 Å². The number of hydrogen-bond donors (Lipinski definition) is 0. The van der Waals surface area contributed by atoms with Crippen LogP contribution in [-0.2, 0) is 10.8 Å². The van der Waals surface area contributed by atoms with Crippen LogP contribution < -0.4 is 9.80 Å². The highest BCUT2D eigenvalue weighted by Gasteiger charge is 2.37. The van der Waals surface area contributed by atoms with Gasteiger partial charge in [0, 0.05) is 67.2 Å². The lowest BCUT2D eigenvalue weighted by Crippen LogP contribution is -2.16. The molecule has 0 aliphatic heterocycles. The Labute approximate surface area is 430 Å². The van der Waals surface area contributed by atoms with Crippen LogP contribution in [0.25, 0.3) is 78.5 Å². The van der Waals surface area contributed by atoms with Crippen molar-refractivity contribution in [3.8, 4) is 56.3 Å². The minimum Gasteiger partial charge on any atom is -0.435 e. The molecule has 2 aliphatic rings. The third-order valence-corrected chi connectivity index (χ3v) is 15.5. The summed E-state index contributed by atoms with van der Waals surface area (Å²) in [5.41, 5.74) is 23.3. The Bertz CT molecular complexity index is 3860. The number of hydrogen-bond acceptors (Lipinski definition) is 6. The molecular weight excluding hydrogens is 905 g/mol. The van der Waals surface area contributed by atoms with Crippen LogP contribution in [0.3, 0.4) is 0 Å². The molecule has 0 saturated heterocycles. The van der Waals surface area contributed by atoms with Crippen molar-refractivity contribution in [2.45, 2.75) is 38.5 Å². The lowest BCUT2D eigenvalue weighted by molar-refractivity contribution is 0.616. The standard InChI is InChI=1S/C68H50N4O2/c1-67(2)57-25-13-11-21-51(57)53-39-37-49(41-59(53)67)71(45-17-7-5-8-18-45)47-33-29-43(30-34-47)65-69-61-27-15-23-55(63(61)73-65)56-24-16-28-62-64(56)74-66(70-62)44-31-35-48(36-32-44)72(46-19-9-6-10-20-46)50-38-40-54-52-22-12-14-26-58(52)68(3,4)60(54)42-50/h5-42H,1-4H3. The Morgan fingerprint density at radius 1 is 0.297 bits per heavy atom. The average molecular weight is 955 g/mol. The van der Waals surface area contributed by atoms with Gasteiger partial charge in [0.05, 0.1) is 0 Å². The van der Waals surface area contributed by atoms with Crippen LogP contribution in [0.1, 0.15) is 49.9 Å². The molecule has 0 saturated carbocycles. The van der Waals surface area contributed by atoms with E-state index in [0.29, 0.717) is 22.9 Å². The molecular formula is C68H50N4O2. The van der Waals surface area contributed by atoms with Crippen molar-refractivity contribution in [3.05, 3.63) is 253 Å². The summed E-state index contributed by atoms with van der Waals surface area (Å²) in [6, 6.07) is 81.7. The van der Waals surface area contributed by atoms with Crippen LogP contribution in [0.15, 0.2) is 239 Å². The van der Waals surface area contributed by atoms with Crippen LogP contribution >= 0.6 is 0 Å². The van der Waals surface area contributed by atoms with E-state index in [0.717, 1.165) is 67.4 Å². The Hall–Kier alpha value is -9.26. The lowest BCUT2D eigenvalue weighted by atomic mass is 9.82. The van der Waals surface area contributed by atoms with Crippen molar-refractivity contribution in [2.75, 3.05) is 9.80 Å². The maximum atomic E-state index is 6.72. The third kappa shape index (κ3) is 6.86. The summed E-state index contributed by atoms with van der Waals surface area (Å²) < 4.78 is 13.4. The Balaban J connectivity index is 0.773. The molecule has 6 heteroatoms. The molecule has 2 aromatic heterocycles. The van der Waals surface area contributed by atoms with Crippen molar-refractivity contribution >= 4 is 56.3 Å². The van der Waals surface area contributed by atoms with Crippen molar-refractivity contribution in [1.82, 2.24) is 9.97 Å². The van der Waals surface area contributed by atoms with Crippen molar-refractivity contribution < 1.29 is 8.83 Å². The zero-order valence-corrected chi connectivity index (χ0v) is 41.5. The van der Waals surface area contributed by atoms with Gasteiger partial charge in [0.2, 0.25) is 11.8 Å². The molecule has 74 heavy (non-hydrogen) atoms. The predicted molar refractivity (Wildman–Crippen MR) is 302 cm³/mol. The van der Waals surface area contributed by atoms with E-state index in [1.165, 1.54) is 44.5 Å². The summed E-state index contributed by atoms with van der Waals surface area (Å²) >= 11 is 0. The fraction of sp³-hybridized carbons (Fsp3) is 0.0882. The summed E-state index contributed by atoms with van der Waals surface area (Å²) in [5.74, 6) is 1.09. The second-order valence-corrected chi connectivity index (χ2v) is 20.6. The van der Waals surface area contributed by atoms with Gasteiger partial charge in [-0.05, 0) is 154 Å². The number of aromatic nitrogens is 2. The molecule has 0 N–H and O–H groups in total.